The van der Waals surface area contributed by atoms with Crippen molar-refractivity contribution >= 4 is 17.9 Å². The minimum atomic E-state index is -1.42. The van der Waals surface area contributed by atoms with Gasteiger partial charge in [-0.25, -0.2) is 9.48 Å². The molecule has 32 heavy (non-hydrogen) atoms. The molecule has 2 fully saturated rings. The highest BCUT2D eigenvalue weighted by Gasteiger charge is 2.37. The maximum Gasteiger partial charge on any atom is 0.511 e. The largest absolute Gasteiger partial charge is 0.511 e. The fourth-order valence-electron chi connectivity index (χ4n) is 4.81. The third-order valence-electron chi connectivity index (χ3n) is 6.76. The summed E-state index contributed by atoms with van der Waals surface area (Å²) >= 11 is 0. The summed E-state index contributed by atoms with van der Waals surface area (Å²) in [5.74, 6) is 1.01. The number of piperidine rings is 1. The molecular formula is C24H32N4O4. The molecule has 1 saturated heterocycles. The lowest BCUT2D eigenvalue weighted by Gasteiger charge is -2.39. The Bertz CT molecular complexity index is 929. The van der Waals surface area contributed by atoms with Gasteiger partial charge >= 0.3 is 6.16 Å². The molecule has 1 saturated carbocycles. The number of hydrogen-bond donors (Lipinski definition) is 1. The van der Waals surface area contributed by atoms with Gasteiger partial charge in [0.05, 0.1) is 11.9 Å². The van der Waals surface area contributed by atoms with E-state index in [0.29, 0.717) is 11.7 Å². The van der Waals surface area contributed by atoms with Gasteiger partial charge in [-0.2, -0.15) is 0 Å². The van der Waals surface area contributed by atoms with Crippen LogP contribution in [0, 0.1) is 11.8 Å². The van der Waals surface area contributed by atoms with Crippen molar-refractivity contribution in [3.8, 4) is 11.4 Å². The molecule has 8 heteroatoms. The summed E-state index contributed by atoms with van der Waals surface area (Å²) in [6.07, 6.45) is 5.56. The number of aromatic nitrogens is 2. The molecule has 1 amide bonds. The van der Waals surface area contributed by atoms with Crippen LogP contribution in [0.25, 0.3) is 5.69 Å². The highest BCUT2D eigenvalue weighted by Crippen LogP contribution is 2.37. The van der Waals surface area contributed by atoms with Crippen molar-refractivity contribution in [2.75, 3.05) is 25.0 Å². The Labute approximate surface area is 188 Å². The van der Waals surface area contributed by atoms with Gasteiger partial charge in [0.25, 0.3) is 0 Å². The first-order chi connectivity index (χ1) is 15.4. The number of rotatable bonds is 5. The second-order valence-corrected chi connectivity index (χ2v) is 9.16. The van der Waals surface area contributed by atoms with E-state index in [1.165, 1.54) is 0 Å². The molecule has 1 aromatic carbocycles. The summed E-state index contributed by atoms with van der Waals surface area (Å²) in [7, 11) is 2.08. The number of carbonyl (C=O) groups is 2. The van der Waals surface area contributed by atoms with Crippen molar-refractivity contribution in [3.05, 3.63) is 36.5 Å². The van der Waals surface area contributed by atoms with Crippen molar-refractivity contribution in [1.82, 2.24) is 14.7 Å². The first kappa shape index (κ1) is 22.3. The number of amides is 1. The van der Waals surface area contributed by atoms with Crippen LogP contribution in [0.15, 0.2) is 36.5 Å². The van der Waals surface area contributed by atoms with Crippen LogP contribution in [0.1, 0.15) is 45.4 Å². The van der Waals surface area contributed by atoms with Crippen LogP contribution in [0.5, 0.6) is 5.75 Å². The number of carboxylic acid groups (broad SMARTS) is 1. The summed E-state index contributed by atoms with van der Waals surface area (Å²) < 4.78 is 6.71. The minimum absolute atomic E-state index is 0.0340. The number of anilines is 1. The van der Waals surface area contributed by atoms with Gasteiger partial charge in [0, 0.05) is 12.0 Å². The molecule has 0 unspecified atom stereocenters. The Morgan fingerprint density at radius 3 is 2.34 bits per heavy atom. The van der Waals surface area contributed by atoms with Gasteiger partial charge in [-0.1, -0.05) is 25.1 Å². The monoisotopic (exact) mass is 440 g/mol. The zero-order chi connectivity index (χ0) is 22.7. The average molecular weight is 441 g/mol. The Kier molecular flexibility index (Phi) is 6.79. The zero-order valence-corrected chi connectivity index (χ0v) is 18.8. The summed E-state index contributed by atoms with van der Waals surface area (Å²) in [5, 5.41) is 14.0. The fourth-order valence-corrected chi connectivity index (χ4v) is 4.81. The van der Waals surface area contributed by atoms with Crippen LogP contribution in [-0.2, 0) is 4.79 Å². The second kappa shape index (κ2) is 9.73. The summed E-state index contributed by atoms with van der Waals surface area (Å²) in [6, 6.07) is 9.40. The normalized spacial score (nSPS) is 22.4. The number of ether oxygens (including phenoxy) is 1. The SMILES string of the molecule is CN1CCC(N(c2nn(-c3ccccc3)cc2OC(=O)O)C(=O)[C@H]2CC[C@H](C)CC2)CC1. The fraction of sp³-hybridized carbons (Fsp3) is 0.542. The lowest BCUT2D eigenvalue weighted by atomic mass is 9.82. The molecule has 2 heterocycles. The van der Waals surface area contributed by atoms with Gasteiger partial charge in [-0.05, 0) is 76.7 Å². The van der Waals surface area contributed by atoms with E-state index in [1.807, 2.05) is 30.3 Å². The molecule has 0 radical (unpaired) electrons. The smallest absolute Gasteiger partial charge is 0.449 e. The first-order valence-corrected chi connectivity index (χ1v) is 11.5. The van der Waals surface area contributed by atoms with Gasteiger partial charge in [0.1, 0.15) is 0 Å². The molecule has 1 N–H and O–H groups in total. The van der Waals surface area contributed by atoms with Crippen molar-refractivity contribution in [2.24, 2.45) is 11.8 Å². The van der Waals surface area contributed by atoms with Gasteiger partial charge < -0.3 is 14.7 Å². The van der Waals surface area contributed by atoms with E-state index >= 15 is 0 Å². The molecule has 1 aliphatic carbocycles. The van der Waals surface area contributed by atoms with E-state index in [1.54, 1.807) is 15.8 Å². The molecule has 1 aliphatic heterocycles. The van der Waals surface area contributed by atoms with Gasteiger partial charge in [-0.3, -0.25) is 9.69 Å². The number of benzene rings is 1. The molecule has 0 atom stereocenters. The van der Waals surface area contributed by atoms with E-state index in [4.69, 9.17) is 4.74 Å². The van der Waals surface area contributed by atoms with Crippen LogP contribution in [0.3, 0.4) is 0 Å². The summed E-state index contributed by atoms with van der Waals surface area (Å²) in [5.41, 5.74) is 0.774. The Morgan fingerprint density at radius 2 is 1.72 bits per heavy atom. The third-order valence-corrected chi connectivity index (χ3v) is 6.76. The van der Waals surface area contributed by atoms with Crippen LogP contribution in [0.2, 0.25) is 0 Å². The van der Waals surface area contributed by atoms with Crippen molar-refractivity contribution < 1.29 is 19.4 Å². The molecule has 172 valence electrons. The maximum absolute atomic E-state index is 13.8. The topological polar surface area (TPSA) is 87.9 Å². The molecule has 0 spiro atoms. The number of para-hydroxylation sites is 1. The first-order valence-electron chi connectivity index (χ1n) is 11.5. The predicted molar refractivity (Wildman–Crippen MR) is 121 cm³/mol. The Balaban J connectivity index is 1.72. The Morgan fingerprint density at radius 1 is 1.06 bits per heavy atom. The van der Waals surface area contributed by atoms with E-state index in [9.17, 15) is 14.7 Å². The molecule has 2 aliphatic rings. The Hall–Kier alpha value is -2.87. The van der Waals surface area contributed by atoms with E-state index in [-0.39, 0.29) is 23.6 Å². The predicted octanol–water partition coefficient (Wildman–Crippen LogP) is 4.18. The highest BCUT2D eigenvalue weighted by atomic mass is 16.7. The molecular weight excluding hydrogens is 408 g/mol. The molecule has 0 bridgehead atoms. The van der Waals surface area contributed by atoms with Gasteiger partial charge in [-0.15, -0.1) is 5.10 Å². The standard InChI is InChI=1S/C24H32N4O4/c1-17-8-10-18(11-9-17)23(29)28(20-12-14-26(2)15-13-20)22-21(32-24(30)31)16-27(25-22)19-6-4-3-5-7-19/h3-7,16-18,20H,8-15H2,1-2H3,(H,30,31)/t17-,18-. The number of carbonyl (C=O) groups excluding carboxylic acids is 1. The molecule has 2 aromatic rings. The second-order valence-electron chi connectivity index (χ2n) is 9.16. The van der Waals surface area contributed by atoms with Crippen LogP contribution in [-0.4, -0.2) is 58.0 Å². The molecule has 1 aromatic heterocycles. The van der Waals surface area contributed by atoms with Crippen molar-refractivity contribution in [2.45, 2.75) is 51.5 Å². The number of nitrogens with zero attached hydrogens (tertiary/aromatic N) is 4. The van der Waals surface area contributed by atoms with E-state index in [0.717, 1.165) is 57.3 Å². The van der Waals surface area contributed by atoms with E-state index in [2.05, 4.69) is 24.0 Å². The lowest BCUT2D eigenvalue weighted by molar-refractivity contribution is -0.124. The minimum Gasteiger partial charge on any atom is -0.449 e. The zero-order valence-electron chi connectivity index (χ0n) is 18.8. The van der Waals surface area contributed by atoms with Crippen molar-refractivity contribution in [3.63, 3.8) is 0 Å². The van der Waals surface area contributed by atoms with Crippen LogP contribution in [0.4, 0.5) is 10.6 Å². The maximum atomic E-state index is 13.8. The summed E-state index contributed by atoms with van der Waals surface area (Å²) in [4.78, 5) is 29.3. The van der Waals surface area contributed by atoms with Crippen LogP contribution >= 0.6 is 0 Å². The highest BCUT2D eigenvalue weighted by molar-refractivity contribution is 5.96. The third kappa shape index (κ3) is 4.96. The molecule has 4 rings (SSSR count). The summed E-state index contributed by atoms with van der Waals surface area (Å²) in [6.45, 7) is 3.99. The molecule has 8 nitrogen and oxygen atoms in total. The number of likely N-dealkylation sites (tertiary alicyclic amines) is 1. The van der Waals surface area contributed by atoms with E-state index < -0.39 is 6.16 Å². The quantitative estimate of drug-likeness (QED) is 0.702. The van der Waals surface area contributed by atoms with Gasteiger partial charge in [0.15, 0.2) is 5.75 Å². The lowest BCUT2D eigenvalue weighted by Crippen LogP contribution is -2.49. The van der Waals surface area contributed by atoms with Crippen molar-refractivity contribution in [1.29, 1.82) is 0 Å². The van der Waals surface area contributed by atoms with Gasteiger partial charge in [0.2, 0.25) is 11.7 Å². The number of hydrogen-bond acceptors (Lipinski definition) is 5. The van der Waals surface area contributed by atoms with Crippen LogP contribution < -0.4 is 9.64 Å². The average Bonchev–Trinajstić information content (AvgIpc) is 3.19.